The Morgan fingerprint density at radius 1 is 1.21 bits per heavy atom. The lowest BCUT2D eigenvalue weighted by Gasteiger charge is -2.31. The average Bonchev–Trinajstić information content (AvgIpc) is 2.36. The molecular weight excluding hydrogens is 240 g/mol. The molecule has 1 fully saturated rings. The van der Waals surface area contributed by atoms with E-state index in [-0.39, 0.29) is 5.91 Å². The molecule has 1 heterocycles. The molecule has 0 bridgehead atoms. The van der Waals surface area contributed by atoms with Crippen molar-refractivity contribution in [2.45, 2.75) is 13.8 Å². The Hall–Kier alpha value is -0.650. The number of likely N-dealkylation sites (N-methyl/N-ethyl adjacent to an activating group) is 1. The van der Waals surface area contributed by atoms with E-state index in [2.05, 4.69) is 43.1 Å². The standard InChI is InChI=1S/C14H30N4O/c1-13(2)11-17(10-9-16(3)4)12-14(19)18-7-5-15-6-8-18/h13,15H,5-12H2,1-4H3. The fraction of sp³-hybridized carbons (Fsp3) is 0.929. The van der Waals surface area contributed by atoms with Gasteiger partial charge in [-0.3, -0.25) is 9.69 Å². The van der Waals surface area contributed by atoms with E-state index in [1.165, 1.54) is 0 Å². The maximum atomic E-state index is 12.3. The molecule has 0 aromatic carbocycles. The predicted octanol–water partition coefficient (Wildman–Crippen LogP) is -0.0622. The van der Waals surface area contributed by atoms with Crippen molar-refractivity contribution in [2.75, 3.05) is 66.5 Å². The van der Waals surface area contributed by atoms with E-state index in [9.17, 15) is 4.79 Å². The van der Waals surface area contributed by atoms with Gasteiger partial charge in [0.25, 0.3) is 0 Å². The van der Waals surface area contributed by atoms with Gasteiger partial charge in [0.15, 0.2) is 0 Å². The van der Waals surface area contributed by atoms with Crippen LogP contribution in [-0.2, 0) is 4.79 Å². The van der Waals surface area contributed by atoms with E-state index < -0.39 is 0 Å². The lowest BCUT2D eigenvalue weighted by Crippen LogP contribution is -2.50. The molecule has 5 nitrogen and oxygen atoms in total. The highest BCUT2D eigenvalue weighted by molar-refractivity contribution is 5.78. The number of nitrogens with one attached hydrogen (secondary N) is 1. The highest BCUT2D eigenvalue weighted by Gasteiger charge is 2.19. The third kappa shape index (κ3) is 6.89. The summed E-state index contributed by atoms with van der Waals surface area (Å²) in [4.78, 5) is 18.7. The summed E-state index contributed by atoms with van der Waals surface area (Å²) in [5, 5.41) is 3.28. The van der Waals surface area contributed by atoms with Gasteiger partial charge in [-0.1, -0.05) is 13.8 Å². The van der Waals surface area contributed by atoms with E-state index in [0.29, 0.717) is 12.5 Å². The van der Waals surface area contributed by atoms with Gasteiger partial charge in [-0.05, 0) is 20.0 Å². The monoisotopic (exact) mass is 270 g/mol. The molecule has 1 rings (SSSR count). The Kier molecular flexibility index (Phi) is 7.34. The maximum absolute atomic E-state index is 12.3. The molecule has 0 aromatic rings. The summed E-state index contributed by atoms with van der Waals surface area (Å²) in [5.74, 6) is 0.874. The zero-order valence-electron chi connectivity index (χ0n) is 13.0. The van der Waals surface area contributed by atoms with Gasteiger partial charge in [-0.15, -0.1) is 0 Å². The first-order chi connectivity index (χ1) is 8.99. The second-order valence-electron chi connectivity index (χ2n) is 6.06. The van der Waals surface area contributed by atoms with Crippen LogP contribution in [0.1, 0.15) is 13.8 Å². The summed E-state index contributed by atoms with van der Waals surface area (Å²) in [6.07, 6.45) is 0. The number of nitrogens with zero attached hydrogens (tertiary/aromatic N) is 3. The molecule has 112 valence electrons. The van der Waals surface area contributed by atoms with Crippen molar-refractivity contribution in [2.24, 2.45) is 5.92 Å². The van der Waals surface area contributed by atoms with Crippen LogP contribution in [0.25, 0.3) is 0 Å². The van der Waals surface area contributed by atoms with Crippen molar-refractivity contribution >= 4 is 5.91 Å². The van der Waals surface area contributed by atoms with E-state index in [0.717, 1.165) is 45.8 Å². The van der Waals surface area contributed by atoms with Gasteiger partial charge in [0.05, 0.1) is 6.54 Å². The number of carbonyl (C=O) groups is 1. The van der Waals surface area contributed by atoms with Crippen molar-refractivity contribution in [3.63, 3.8) is 0 Å². The van der Waals surface area contributed by atoms with Gasteiger partial charge in [0.2, 0.25) is 5.91 Å². The van der Waals surface area contributed by atoms with Crippen LogP contribution in [0.2, 0.25) is 0 Å². The SMILES string of the molecule is CC(C)CN(CCN(C)C)CC(=O)N1CCNCC1. The Balaban J connectivity index is 2.42. The second kappa shape index (κ2) is 8.51. The first kappa shape index (κ1) is 16.4. The van der Waals surface area contributed by atoms with E-state index in [1.54, 1.807) is 0 Å². The summed E-state index contributed by atoms with van der Waals surface area (Å²) in [5.41, 5.74) is 0. The third-order valence-electron chi connectivity index (χ3n) is 3.32. The number of piperazine rings is 1. The van der Waals surface area contributed by atoms with Gasteiger partial charge in [0, 0.05) is 45.8 Å². The van der Waals surface area contributed by atoms with Crippen LogP contribution in [-0.4, -0.2) is 87.1 Å². The first-order valence-electron chi connectivity index (χ1n) is 7.34. The van der Waals surface area contributed by atoms with Gasteiger partial charge >= 0.3 is 0 Å². The minimum Gasteiger partial charge on any atom is -0.339 e. The molecule has 0 aliphatic carbocycles. The zero-order valence-corrected chi connectivity index (χ0v) is 13.0. The Morgan fingerprint density at radius 3 is 2.37 bits per heavy atom. The van der Waals surface area contributed by atoms with E-state index >= 15 is 0 Å². The number of hydrogen-bond donors (Lipinski definition) is 1. The van der Waals surface area contributed by atoms with E-state index in [4.69, 9.17) is 0 Å². The molecule has 0 saturated carbocycles. The minimum absolute atomic E-state index is 0.279. The number of hydrogen-bond acceptors (Lipinski definition) is 4. The molecule has 0 atom stereocenters. The molecule has 5 heteroatoms. The van der Waals surface area contributed by atoms with Crippen LogP contribution in [0.15, 0.2) is 0 Å². The smallest absolute Gasteiger partial charge is 0.236 e. The second-order valence-corrected chi connectivity index (χ2v) is 6.06. The van der Waals surface area contributed by atoms with Gasteiger partial charge in [0.1, 0.15) is 0 Å². The average molecular weight is 270 g/mol. The fourth-order valence-corrected chi connectivity index (χ4v) is 2.30. The molecule has 1 aliphatic rings. The highest BCUT2D eigenvalue weighted by Crippen LogP contribution is 2.02. The number of rotatable bonds is 7. The molecular formula is C14H30N4O. The largest absolute Gasteiger partial charge is 0.339 e. The zero-order chi connectivity index (χ0) is 14.3. The summed E-state index contributed by atoms with van der Waals surface area (Å²) in [6.45, 7) is 11.5. The molecule has 0 aromatic heterocycles. The Bertz CT molecular complexity index is 262. The molecule has 1 aliphatic heterocycles. The minimum atomic E-state index is 0.279. The molecule has 0 unspecified atom stereocenters. The van der Waals surface area contributed by atoms with Crippen LogP contribution in [0.4, 0.5) is 0 Å². The topological polar surface area (TPSA) is 38.8 Å². The molecule has 19 heavy (non-hydrogen) atoms. The van der Waals surface area contributed by atoms with Crippen LogP contribution in [0, 0.1) is 5.92 Å². The fourth-order valence-electron chi connectivity index (χ4n) is 2.30. The maximum Gasteiger partial charge on any atom is 0.236 e. The Morgan fingerprint density at radius 2 is 1.84 bits per heavy atom. The molecule has 1 amide bonds. The summed E-state index contributed by atoms with van der Waals surface area (Å²) in [7, 11) is 4.15. The lowest BCUT2D eigenvalue weighted by molar-refractivity contribution is -0.133. The van der Waals surface area contributed by atoms with Crippen molar-refractivity contribution in [3.8, 4) is 0 Å². The van der Waals surface area contributed by atoms with Crippen molar-refractivity contribution in [3.05, 3.63) is 0 Å². The number of carbonyl (C=O) groups excluding carboxylic acids is 1. The normalized spacial score (nSPS) is 16.7. The molecule has 0 spiro atoms. The predicted molar refractivity (Wildman–Crippen MR) is 79.3 cm³/mol. The highest BCUT2D eigenvalue weighted by atomic mass is 16.2. The quantitative estimate of drug-likeness (QED) is 0.703. The van der Waals surface area contributed by atoms with Crippen molar-refractivity contribution < 1.29 is 4.79 Å². The lowest BCUT2D eigenvalue weighted by atomic mass is 10.2. The number of amides is 1. The first-order valence-corrected chi connectivity index (χ1v) is 7.34. The van der Waals surface area contributed by atoms with Gasteiger partial charge in [-0.25, -0.2) is 0 Å². The van der Waals surface area contributed by atoms with Crippen molar-refractivity contribution in [1.82, 2.24) is 20.0 Å². The van der Waals surface area contributed by atoms with E-state index in [1.807, 2.05) is 4.90 Å². The molecule has 1 N–H and O–H groups in total. The van der Waals surface area contributed by atoms with Gasteiger partial charge in [-0.2, -0.15) is 0 Å². The molecule has 0 radical (unpaired) electrons. The summed E-state index contributed by atoms with van der Waals surface area (Å²) >= 11 is 0. The van der Waals surface area contributed by atoms with Crippen LogP contribution in [0.5, 0.6) is 0 Å². The Labute approximate surface area is 117 Å². The van der Waals surface area contributed by atoms with Crippen LogP contribution >= 0.6 is 0 Å². The van der Waals surface area contributed by atoms with Crippen molar-refractivity contribution in [1.29, 1.82) is 0 Å². The summed E-state index contributed by atoms with van der Waals surface area (Å²) in [6, 6.07) is 0. The van der Waals surface area contributed by atoms with Crippen LogP contribution < -0.4 is 5.32 Å². The van der Waals surface area contributed by atoms with Crippen LogP contribution in [0.3, 0.4) is 0 Å². The van der Waals surface area contributed by atoms with Gasteiger partial charge < -0.3 is 15.1 Å². The molecule has 1 saturated heterocycles. The third-order valence-corrected chi connectivity index (χ3v) is 3.32. The summed E-state index contributed by atoms with van der Waals surface area (Å²) < 4.78 is 0.